The molecule has 1 saturated heterocycles. The van der Waals surface area contributed by atoms with Crippen LogP contribution in [0, 0.1) is 10.8 Å². The number of allylic oxidation sites excluding steroid dienone is 1. The van der Waals surface area contributed by atoms with E-state index in [0.29, 0.717) is 53.3 Å². The van der Waals surface area contributed by atoms with Gasteiger partial charge < -0.3 is 21.8 Å². The second-order valence-electron chi connectivity index (χ2n) is 6.18. The summed E-state index contributed by atoms with van der Waals surface area (Å²) >= 11 is 0. The molecule has 2 aromatic rings. The molecular weight excluding hydrogens is 331 g/mol. The highest BCUT2D eigenvalue weighted by atomic mass is 19.1. The minimum Gasteiger partial charge on any atom is -0.404 e. The highest BCUT2D eigenvalue weighted by molar-refractivity contribution is 6.15. The van der Waals surface area contributed by atoms with Gasteiger partial charge in [0.2, 0.25) is 0 Å². The number of nitrogens with zero attached hydrogens (tertiary/aromatic N) is 2. The number of nitrogens with two attached hydrogens (primary N) is 2. The first-order chi connectivity index (χ1) is 12.5. The molecule has 0 spiro atoms. The molecule has 2 heterocycles. The van der Waals surface area contributed by atoms with Crippen LogP contribution in [0.4, 0.5) is 15.9 Å². The van der Waals surface area contributed by atoms with Crippen LogP contribution in [0.3, 0.4) is 0 Å². The number of aromatic nitrogens is 1. The van der Waals surface area contributed by atoms with Crippen LogP contribution in [-0.2, 0) is 0 Å². The number of alkyl halides is 1. The van der Waals surface area contributed by atoms with Crippen molar-refractivity contribution in [1.29, 1.82) is 10.8 Å². The minimum atomic E-state index is -0.838. The molecule has 1 aliphatic rings. The van der Waals surface area contributed by atoms with E-state index in [0.717, 1.165) is 6.21 Å². The van der Waals surface area contributed by atoms with E-state index in [1.807, 2.05) is 4.90 Å². The average molecular weight is 352 g/mol. The SMILES string of the molecule is N=C/C(=C\N)c1ccc(N)c(C(=N)c2ccnc(N3CCC(F)C3)c2)c1. The standard InChI is InChI=1S/C19H21FN6/c20-15-4-6-26(11-15)18-8-13(3-5-25-18)19(24)16-7-12(1-2-17(16)23)14(9-21)10-22/h1-3,5,7-10,15,21,24H,4,6,11,22-23H2/b14-10+,21-9?,24-19?. The van der Waals surface area contributed by atoms with Gasteiger partial charge in [-0.1, -0.05) is 6.07 Å². The van der Waals surface area contributed by atoms with Crippen molar-refractivity contribution in [3.05, 3.63) is 59.4 Å². The first-order valence-electron chi connectivity index (χ1n) is 8.30. The molecule has 0 saturated carbocycles. The topological polar surface area (TPSA) is 116 Å². The minimum absolute atomic E-state index is 0.241. The van der Waals surface area contributed by atoms with Crippen molar-refractivity contribution in [2.24, 2.45) is 5.73 Å². The van der Waals surface area contributed by atoms with Crippen LogP contribution >= 0.6 is 0 Å². The van der Waals surface area contributed by atoms with E-state index in [-0.39, 0.29) is 5.71 Å². The van der Waals surface area contributed by atoms with Crippen molar-refractivity contribution in [1.82, 2.24) is 4.98 Å². The lowest BCUT2D eigenvalue weighted by molar-refractivity contribution is 0.364. The van der Waals surface area contributed by atoms with Gasteiger partial charge in [0.05, 0.1) is 12.3 Å². The predicted octanol–water partition coefficient (Wildman–Crippen LogP) is 2.58. The number of nitrogen functional groups attached to an aromatic ring is 1. The lowest BCUT2D eigenvalue weighted by Crippen LogP contribution is -2.21. The van der Waals surface area contributed by atoms with Gasteiger partial charge in [-0.3, -0.25) is 5.41 Å². The maximum Gasteiger partial charge on any atom is 0.129 e. The number of nitrogens with one attached hydrogen (secondary N) is 2. The van der Waals surface area contributed by atoms with Gasteiger partial charge in [-0.15, -0.1) is 0 Å². The average Bonchev–Trinajstić information content (AvgIpc) is 3.10. The molecule has 0 aliphatic carbocycles. The summed E-state index contributed by atoms with van der Waals surface area (Å²) in [6.45, 7) is 0.942. The van der Waals surface area contributed by atoms with Gasteiger partial charge in [-0.2, -0.15) is 0 Å². The molecule has 134 valence electrons. The molecule has 6 N–H and O–H groups in total. The molecule has 0 amide bonds. The Kier molecular flexibility index (Phi) is 4.97. The summed E-state index contributed by atoms with van der Waals surface area (Å²) in [5.41, 5.74) is 14.8. The van der Waals surface area contributed by atoms with Crippen molar-refractivity contribution < 1.29 is 4.39 Å². The Balaban J connectivity index is 1.94. The summed E-state index contributed by atoms with van der Waals surface area (Å²) in [5.74, 6) is 0.657. The molecule has 1 aromatic carbocycles. The monoisotopic (exact) mass is 352 g/mol. The Morgan fingerprint density at radius 3 is 2.73 bits per heavy atom. The molecule has 7 heteroatoms. The number of hydrogen-bond donors (Lipinski definition) is 4. The molecule has 1 aromatic heterocycles. The highest BCUT2D eigenvalue weighted by Crippen LogP contribution is 2.25. The quantitative estimate of drug-likeness (QED) is 0.489. The maximum absolute atomic E-state index is 13.5. The van der Waals surface area contributed by atoms with Crippen LogP contribution in [0.15, 0.2) is 42.7 Å². The van der Waals surface area contributed by atoms with Gasteiger partial charge in [-0.25, -0.2) is 9.37 Å². The first kappa shape index (κ1) is 17.6. The van der Waals surface area contributed by atoms with Crippen molar-refractivity contribution in [2.75, 3.05) is 23.7 Å². The molecule has 0 radical (unpaired) electrons. The molecule has 3 rings (SSSR count). The Hall–Kier alpha value is -3.22. The number of pyridine rings is 1. The fourth-order valence-electron chi connectivity index (χ4n) is 3.01. The molecule has 26 heavy (non-hydrogen) atoms. The van der Waals surface area contributed by atoms with Gasteiger partial charge in [0.15, 0.2) is 0 Å². The number of anilines is 2. The Labute approximate surface area is 151 Å². The predicted molar refractivity (Wildman–Crippen MR) is 104 cm³/mol. The number of hydrogen-bond acceptors (Lipinski definition) is 6. The van der Waals surface area contributed by atoms with Gasteiger partial charge in [0, 0.05) is 47.5 Å². The molecule has 6 nitrogen and oxygen atoms in total. The molecule has 1 fully saturated rings. The summed E-state index contributed by atoms with van der Waals surface area (Å²) in [7, 11) is 0. The summed E-state index contributed by atoms with van der Waals surface area (Å²) in [5, 5.41) is 16.0. The van der Waals surface area contributed by atoms with Gasteiger partial charge in [-0.05, 0) is 36.2 Å². The van der Waals surface area contributed by atoms with E-state index in [4.69, 9.17) is 22.3 Å². The van der Waals surface area contributed by atoms with Crippen LogP contribution in [0.5, 0.6) is 0 Å². The van der Waals surface area contributed by atoms with E-state index in [1.165, 1.54) is 6.20 Å². The van der Waals surface area contributed by atoms with E-state index >= 15 is 0 Å². The summed E-state index contributed by atoms with van der Waals surface area (Å²) < 4.78 is 13.5. The fraction of sp³-hybridized carbons (Fsp3) is 0.211. The number of halogens is 1. The maximum atomic E-state index is 13.5. The third-order valence-corrected chi connectivity index (χ3v) is 4.48. The number of benzene rings is 1. The van der Waals surface area contributed by atoms with E-state index in [9.17, 15) is 4.39 Å². The molecule has 1 atom stereocenters. The van der Waals surface area contributed by atoms with E-state index < -0.39 is 6.17 Å². The fourth-order valence-corrected chi connectivity index (χ4v) is 3.01. The third kappa shape index (κ3) is 3.42. The molecule has 1 unspecified atom stereocenters. The normalized spacial score (nSPS) is 17.3. The number of rotatable bonds is 5. The smallest absolute Gasteiger partial charge is 0.129 e. The van der Waals surface area contributed by atoms with Crippen molar-refractivity contribution in [3.63, 3.8) is 0 Å². The largest absolute Gasteiger partial charge is 0.404 e. The Bertz CT molecular complexity index is 876. The second kappa shape index (κ2) is 7.35. The summed E-state index contributed by atoms with van der Waals surface area (Å²) in [6.07, 6.45) is 3.78. The van der Waals surface area contributed by atoms with Crippen LogP contribution in [0.1, 0.15) is 23.1 Å². The highest BCUT2D eigenvalue weighted by Gasteiger charge is 2.23. The van der Waals surface area contributed by atoms with Crippen LogP contribution in [-0.4, -0.2) is 36.2 Å². The van der Waals surface area contributed by atoms with Gasteiger partial charge in [0.25, 0.3) is 0 Å². The van der Waals surface area contributed by atoms with Gasteiger partial charge in [0.1, 0.15) is 12.0 Å². The summed E-state index contributed by atoms with van der Waals surface area (Å²) in [4.78, 5) is 6.18. The summed E-state index contributed by atoms with van der Waals surface area (Å²) in [6, 6.07) is 8.72. The molecular formula is C19H21FN6. The van der Waals surface area contributed by atoms with E-state index in [2.05, 4.69) is 4.98 Å². The lowest BCUT2D eigenvalue weighted by atomic mass is 9.97. The third-order valence-electron chi connectivity index (χ3n) is 4.48. The zero-order valence-electron chi connectivity index (χ0n) is 14.2. The Morgan fingerprint density at radius 2 is 2.08 bits per heavy atom. The lowest BCUT2D eigenvalue weighted by Gasteiger charge is -2.17. The zero-order chi connectivity index (χ0) is 18.7. The van der Waals surface area contributed by atoms with E-state index in [1.54, 1.807) is 36.5 Å². The van der Waals surface area contributed by atoms with Crippen LogP contribution in [0.25, 0.3) is 5.57 Å². The van der Waals surface area contributed by atoms with Crippen LogP contribution < -0.4 is 16.4 Å². The molecule has 0 bridgehead atoms. The molecule has 1 aliphatic heterocycles. The van der Waals surface area contributed by atoms with Gasteiger partial charge >= 0.3 is 0 Å². The van der Waals surface area contributed by atoms with Crippen LogP contribution in [0.2, 0.25) is 0 Å². The second-order valence-corrected chi connectivity index (χ2v) is 6.18. The van der Waals surface area contributed by atoms with Crippen molar-refractivity contribution in [2.45, 2.75) is 12.6 Å². The van der Waals surface area contributed by atoms with Crippen molar-refractivity contribution in [3.8, 4) is 0 Å². The zero-order valence-corrected chi connectivity index (χ0v) is 14.2. The first-order valence-corrected chi connectivity index (χ1v) is 8.30. The van der Waals surface area contributed by atoms with Crippen molar-refractivity contribution >= 4 is 29.0 Å². The Morgan fingerprint density at radius 1 is 1.27 bits per heavy atom.